The average molecular weight is 261 g/mol. The first kappa shape index (κ1) is 14.4. The zero-order valence-corrected chi connectivity index (χ0v) is 12.5. The highest BCUT2D eigenvalue weighted by Crippen LogP contribution is 2.22. The van der Waals surface area contributed by atoms with Crippen LogP contribution in [0.25, 0.3) is 0 Å². The van der Waals surface area contributed by atoms with Crippen molar-refractivity contribution < 1.29 is 0 Å². The maximum Gasteiger partial charge on any atom is 0.0317 e. The van der Waals surface area contributed by atoms with Gasteiger partial charge in [0.2, 0.25) is 0 Å². The van der Waals surface area contributed by atoms with Gasteiger partial charge in [0.1, 0.15) is 0 Å². The standard InChI is InChI=1S/C16H27N3/c1-4-19-9-8-16(10-13(19)2)18(3)12-14-6-5-7-15(17)11-14/h5-7,11,13,16H,4,8-10,12,17H2,1-3H3. The summed E-state index contributed by atoms with van der Waals surface area (Å²) in [7, 11) is 2.24. The van der Waals surface area contributed by atoms with Crippen LogP contribution in [0.5, 0.6) is 0 Å². The molecule has 2 unspecified atom stereocenters. The minimum atomic E-state index is 0.694. The molecule has 0 aliphatic carbocycles. The summed E-state index contributed by atoms with van der Waals surface area (Å²) in [5, 5.41) is 0. The van der Waals surface area contributed by atoms with Crippen LogP contribution < -0.4 is 5.73 Å². The summed E-state index contributed by atoms with van der Waals surface area (Å²) in [5.74, 6) is 0. The lowest BCUT2D eigenvalue weighted by Gasteiger charge is -2.40. The van der Waals surface area contributed by atoms with Gasteiger partial charge in [-0.1, -0.05) is 19.1 Å². The van der Waals surface area contributed by atoms with Crippen LogP contribution in [-0.4, -0.2) is 42.0 Å². The molecule has 1 aliphatic heterocycles. The molecule has 2 N–H and O–H groups in total. The van der Waals surface area contributed by atoms with E-state index in [0.29, 0.717) is 12.1 Å². The Morgan fingerprint density at radius 3 is 2.84 bits per heavy atom. The number of hydrogen-bond donors (Lipinski definition) is 1. The van der Waals surface area contributed by atoms with Crippen LogP contribution in [0.15, 0.2) is 24.3 Å². The minimum absolute atomic E-state index is 0.694. The van der Waals surface area contributed by atoms with Gasteiger partial charge in [-0.2, -0.15) is 0 Å². The van der Waals surface area contributed by atoms with Crippen molar-refractivity contribution in [3.8, 4) is 0 Å². The molecule has 0 saturated carbocycles. The number of piperidine rings is 1. The van der Waals surface area contributed by atoms with E-state index in [-0.39, 0.29) is 0 Å². The maximum absolute atomic E-state index is 5.85. The third kappa shape index (κ3) is 3.71. The van der Waals surface area contributed by atoms with Gasteiger partial charge in [0.05, 0.1) is 0 Å². The number of benzene rings is 1. The molecule has 0 amide bonds. The number of nitrogens with zero attached hydrogens (tertiary/aromatic N) is 2. The zero-order valence-electron chi connectivity index (χ0n) is 12.5. The van der Waals surface area contributed by atoms with Crippen molar-refractivity contribution in [1.29, 1.82) is 0 Å². The molecule has 0 aromatic heterocycles. The third-order valence-corrected chi connectivity index (χ3v) is 4.40. The van der Waals surface area contributed by atoms with Gasteiger partial charge in [0.15, 0.2) is 0 Å². The second kappa shape index (κ2) is 6.40. The van der Waals surface area contributed by atoms with E-state index in [4.69, 9.17) is 5.73 Å². The topological polar surface area (TPSA) is 32.5 Å². The molecule has 1 heterocycles. The number of anilines is 1. The fourth-order valence-electron chi connectivity index (χ4n) is 3.17. The van der Waals surface area contributed by atoms with E-state index in [0.717, 1.165) is 12.2 Å². The van der Waals surface area contributed by atoms with Crippen LogP contribution in [0.3, 0.4) is 0 Å². The minimum Gasteiger partial charge on any atom is -0.399 e. The Balaban J connectivity index is 1.92. The number of hydrogen-bond acceptors (Lipinski definition) is 3. The van der Waals surface area contributed by atoms with Crippen LogP contribution in [-0.2, 0) is 6.54 Å². The number of likely N-dealkylation sites (tertiary alicyclic amines) is 1. The Kier molecular flexibility index (Phi) is 4.83. The van der Waals surface area contributed by atoms with Gasteiger partial charge < -0.3 is 10.6 Å². The molecule has 1 aromatic carbocycles. The zero-order chi connectivity index (χ0) is 13.8. The quantitative estimate of drug-likeness (QED) is 0.846. The van der Waals surface area contributed by atoms with Gasteiger partial charge in [-0.05, 0) is 57.6 Å². The molecule has 1 aliphatic rings. The monoisotopic (exact) mass is 261 g/mol. The molecular formula is C16H27N3. The first-order chi connectivity index (χ1) is 9.10. The second-order valence-corrected chi connectivity index (χ2v) is 5.82. The highest BCUT2D eigenvalue weighted by molar-refractivity contribution is 5.40. The number of nitrogen functional groups attached to an aromatic ring is 1. The summed E-state index contributed by atoms with van der Waals surface area (Å²) >= 11 is 0. The first-order valence-corrected chi connectivity index (χ1v) is 7.39. The van der Waals surface area contributed by atoms with Crippen molar-refractivity contribution in [1.82, 2.24) is 9.80 Å². The van der Waals surface area contributed by atoms with Crippen molar-refractivity contribution in [2.75, 3.05) is 25.9 Å². The largest absolute Gasteiger partial charge is 0.399 e. The number of rotatable bonds is 4. The van der Waals surface area contributed by atoms with Crippen molar-refractivity contribution in [3.63, 3.8) is 0 Å². The molecular weight excluding hydrogens is 234 g/mol. The summed E-state index contributed by atoms with van der Waals surface area (Å²) in [6.45, 7) is 8.00. The highest BCUT2D eigenvalue weighted by Gasteiger charge is 2.26. The fraction of sp³-hybridized carbons (Fsp3) is 0.625. The second-order valence-electron chi connectivity index (χ2n) is 5.82. The summed E-state index contributed by atoms with van der Waals surface area (Å²) in [5.41, 5.74) is 8.02. The van der Waals surface area contributed by atoms with Gasteiger partial charge in [-0.15, -0.1) is 0 Å². The van der Waals surface area contributed by atoms with Gasteiger partial charge >= 0.3 is 0 Å². The molecule has 1 fully saturated rings. The lowest BCUT2D eigenvalue weighted by atomic mass is 9.97. The first-order valence-electron chi connectivity index (χ1n) is 7.39. The average Bonchev–Trinajstić information content (AvgIpc) is 2.38. The number of nitrogens with two attached hydrogens (primary N) is 1. The molecule has 2 rings (SSSR count). The molecule has 3 heteroatoms. The van der Waals surface area contributed by atoms with Crippen molar-refractivity contribution in [2.45, 2.75) is 45.3 Å². The molecule has 0 bridgehead atoms. The Bertz CT molecular complexity index is 405. The summed E-state index contributed by atoms with van der Waals surface area (Å²) in [6, 6.07) is 9.64. The Morgan fingerprint density at radius 1 is 1.42 bits per heavy atom. The highest BCUT2D eigenvalue weighted by atomic mass is 15.2. The lowest BCUT2D eigenvalue weighted by molar-refractivity contribution is 0.0863. The van der Waals surface area contributed by atoms with E-state index in [1.807, 2.05) is 12.1 Å². The van der Waals surface area contributed by atoms with E-state index >= 15 is 0 Å². The molecule has 106 valence electrons. The van der Waals surface area contributed by atoms with Gasteiger partial charge in [0, 0.05) is 24.3 Å². The van der Waals surface area contributed by atoms with E-state index in [9.17, 15) is 0 Å². The summed E-state index contributed by atoms with van der Waals surface area (Å²) < 4.78 is 0. The maximum atomic E-state index is 5.85. The normalized spacial score (nSPS) is 24.8. The molecule has 0 spiro atoms. The van der Waals surface area contributed by atoms with Crippen LogP contribution in [0, 0.1) is 0 Å². The van der Waals surface area contributed by atoms with Crippen LogP contribution in [0.1, 0.15) is 32.3 Å². The molecule has 1 aromatic rings. The third-order valence-electron chi connectivity index (χ3n) is 4.40. The van der Waals surface area contributed by atoms with E-state index in [2.05, 4.69) is 42.8 Å². The Labute approximate surface area is 117 Å². The van der Waals surface area contributed by atoms with Crippen molar-refractivity contribution >= 4 is 5.69 Å². The van der Waals surface area contributed by atoms with Crippen LogP contribution in [0.4, 0.5) is 5.69 Å². The van der Waals surface area contributed by atoms with E-state index in [1.54, 1.807) is 0 Å². The smallest absolute Gasteiger partial charge is 0.0317 e. The molecule has 0 radical (unpaired) electrons. The van der Waals surface area contributed by atoms with E-state index < -0.39 is 0 Å². The van der Waals surface area contributed by atoms with Crippen molar-refractivity contribution in [2.24, 2.45) is 0 Å². The SMILES string of the molecule is CCN1CCC(N(C)Cc2cccc(N)c2)CC1C. The predicted molar refractivity (Wildman–Crippen MR) is 82.1 cm³/mol. The molecule has 2 atom stereocenters. The van der Waals surface area contributed by atoms with Gasteiger partial charge in [-0.3, -0.25) is 4.90 Å². The molecule has 1 saturated heterocycles. The fourth-order valence-corrected chi connectivity index (χ4v) is 3.17. The van der Waals surface area contributed by atoms with Crippen LogP contribution >= 0.6 is 0 Å². The van der Waals surface area contributed by atoms with E-state index in [1.165, 1.54) is 31.5 Å². The Hall–Kier alpha value is -1.06. The van der Waals surface area contributed by atoms with Gasteiger partial charge in [-0.25, -0.2) is 0 Å². The Morgan fingerprint density at radius 2 is 2.21 bits per heavy atom. The van der Waals surface area contributed by atoms with Gasteiger partial charge in [0.25, 0.3) is 0 Å². The summed E-state index contributed by atoms with van der Waals surface area (Å²) in [6.07, 6.45) is 2.55. The summed E-state index contributed by atoms with van der Waals surface area (Å²) in [4.78, 5) is 5.06. The lowest BCUT2D eigenvalue weighted by Crippen LogP contribution is -2.47. The molecule has 19 heavy (non-hydrogen) atoms. The van der Waals surface area contributed by atoms with Crippen molar-refractivity contribution in [3.05, 3.63) is 29.8 Å². The predicted octanol–water partition coefficient (Wildman–Crippen LogP) is 2.57. The molecule has 3 nitrogen and oxygen atoms in total. The van der Waals surface area contributed by atoms with Crippen LogP contribution in [0.2, 0.25) is 0 Å².